The van der Waals surface area contributed by atoms with Crippen molar-refractivity contribution in [3.63, 3.8) is 0 Å². The van der Waals surface area contributed by atoms with Crippen molar-refractivity contribution < 1.29 is 18.7 Å². The molecule has 1 amide bonds. The molecule has 26 heavy (non-hydrogen) atoms. The molecule has 2 rings (SSSR count). The number of hydrogen-bond donors (Lipinski definition) is 1. The van der Waals surface area contributed by atoms with Gasteiger partial charge in [-0.3, -0.25) is 4.79 Å². The van der Waals surface area contributed by atoms with Crippen LogP contribution < -0.4 is 14.8 Å². The number of pyridine rings is 1. The monoisotopic (exact) mass is 360 g/mol. The number of nitrogens with zero attached hydrogens (tertiary/aromatic N) is 1. The molecule has 0 aliphatic heterocycles. The molecule has 0 bridgehead atoms. The molecule has 1 atom stereocenters. The number of carbonyl (C=O) groups is 1. The molecule has 2 aromatic rings. The van der Waals surface area contributed by atoms with E-state index >= 15 is 0 Å². The molecule has 0 saturated carbocycles. The topological polar surface area (TPSA) is 60.5 Å². The fourth-order valence-electron chi connectivity index (χ4n) is 2.11. The lowest BCUT2D eigenvalue weighted by molar-refractivity contribution is 0.0909. The van der Waals surface area contributed by atoms with Gasteiger partial charge in [-0.1, -0.05) is 20.8 Å². The minimum atomic E-state index is -0.364. The van der Waals surface area contributed by atoms with Gasteiger partial charge >= 0.3 is 0 Å². The highest BCUT2D eigenvalue weighted by atomic mass is 19.1. The van der Waals surface area contributed by atoms with E-state index in [1.165, 1.54) is 25.4 Å². The summed E-state index contributed by atoms with van der Waals surface area (Å²) in [4.78, 5) is 16.4. The van der Waals surface area contributed by atoms with E-state index in [2.05, 4.69) is 31.1 Å². The van der Waals surface area contributed by atoms with Crippen LogP contribution >= 0.6 is 0 Å². The Balaban J connectivity index is 2.00. The fraction of sp³-hybridized carbons (Fsp3) is 0.400. The van der Waals surface area contributed by atoms with Gasteiger partial charge in [0, 0.05) is 23.9 Å². The molecule has 1 heterocycles. The molecule has 6 heteroatoms. The van der Waals surface area contributed by atoms with Crippen LogP contribution in [0.4, 0.5) is 4.39 Å². The minimum Gasteiger partial charge on any atom is -0.496 e. The third kappa shape index (κ3) is 5.18. The SMILES string of the molecule is COc1ccc(F)cc1COc1ccc(C(=O)N[C@H](C)C(C)(C)C)cn1. The van der Waals surface area contributed by atoms with Crippen molar-refractivity contribution in [2.75, 3.05) is 7.11 Å². The lowest BCUT2D eigenvalue weighted by Gasteiger charge is -2.28. The third-order valence-electron chi connectivity index (χ3n) is 4.26. The van der Waals surface area contributed by atoms with E-state index in [0.717, 1.165) is 0 Å². The maximum absolute atomic E-state index is 13.4. The Kier molecular flexibility index (Phi) is 6.18. The fourth-order valence-corrected chi connectivity index (χ4v) is 2.11. The molecular weight excluding hydrogens is 335 g/mol. The second-order valence-electron chi connectivity index (χ2n) is 7.19. The van der Waals surface area contributed by atoms with Crippen LogP contribution in [0.15, 0.2) is 36.5 Å². The first-order valence-electron chi connectivity index (χ1n) is 8.43. The molecule has 0 saturated heterocycles. The van der Waals surface area contributed by atoms with E-state index in [1.807, 2.05) is 6.92 Å². The number of ether oxygens (including phenoxy) is 2. The van der Waals surface area contributed by atoms with Gasteiger partial charge in [0.25, 0.3) is 5.91 Å². The summed E-state index contributed by atoms with van der Waals surface area (Å²) in [5, 5.41) is 2.96. The summed E-state index contributed by atoms with van der Waals surface area (Å²) in [5.74, 6) is 0.339. The Morgan fingerprint density at radius 1 is 1.27 bits per heavy atom. The van der Waals surface area contributed by atoms with Crippen LogP contribution in [0.3, 0.4) is 0 Å². The molecule has 0 aliphatic rings. The quantitative estimate of drug-likeness (QED) is 0.847. The Morgan fingerprint density at radius 2 is 2.00 bits per heavy atom. The Hall–Kier alpha value is -2.63. The number of methoxy groups -OCH3 is 1. The van der Waals surface area contributed by atoms with E-state index in [0.29, 0.717) is 22.8 Å². The van der Waals surface area contributed by atoms with Crippen LogP contribution in [0.5, 0.6) is 11.6 Å². The van der Waals surface area contributed by atoms with E-state index in [-0.39, 0.29) is 29.8 Å². The Morgan fingerprint density at radius 3 is 2.58 bits per heavy atom. The molecule has 0 unspecified atom stereocenters. The van der Waals surface area contributed by atoms with Crippen molar-refractivity contribution in [3.8, 4) is 11.6 Å². The Labute approximate surface area is 153 Å². The smallest absolute Gasteiger partial charge is 0.253 e. The number of benzene rings is 1. The summed E-state index contributed by atoms with van der Waals surface area (Å²) < 4.78 is 24.1. The molecule has 0 aliphatic carbocycles. The summed E-state index contributed by atoms with van der Waals surface area (Å²) in [6, 6.07) is 7.51. The summed E-state index contributed by atoms with van der Waals surface area (Å²) in [7, 11) is 1.51. The van der Waals surface area contributed by atoms with Crippen LogP contribution in [0.1, 0.15) is 43.6 Å². The van der Waals surface area contributed by atoms with Gasteiger partial charge in [-0.25, -0.2) is 9.37 Å². The van der Waals surface area contributed by atoms with Crippen molar-refractivity contribution in [3.05, 3.63) is 53.5 Å². The number of aromatic nitrogens is 1. The molecule has 0 fully saturated rings. The number of nitrogens with one attached hydrogen (secondary N) is 1. The first-order valence-corrected chi connectivity index (χ1v) is 8.43. The van der Waals surface area contributed by atoms with E-state index in [4.69, 9.17) is 9.47 Å². The lowest BCUT2D eigenvalue weighted by Crippen LogP contribution is -2.41. The van der Waals surface area contributed by atoms with E-state index in [9.17, 15) is 9.18 Å². The first kappa shape index (κ1) is 19.7. The highest BCUT2D eigenvalue weighted by molar-refractivity contribution is 5.94. The number of rotatable bonds is 6. The predicted octanol–water partition coefficient (Wildman–Crippen LogP) is 3.97. The number of carbonyl (C=O) groups excluding carboxylic acids is 1. The van der Waals surface area contributed by atoms with Crippen molar-refractivity contribution >= 4 is 5.91 Å². The van der Waals surface area contributed by atoms with Gasteiger partial charge in [0.2, 0.25) is 5.88 Å². The average molecular weight is 360 g/mol. The molecule has 0 spiro atoms. The van der Waals surface area contributed by atoms with Crippen molar-refractivity contribution in [1.82, 2.24) is 10.3 Å². The van der Waals surface area contributed by atoms with Gasteiger partial charge in [0.15, 0.2) is 0 Å². The average Bonchev–Trinajstić information content (AvgIpc) is 2.59. The zero-order chi connectivity index (χ0) is 19.3. The molecule has 1 aromatic heterocycles. The lowest BCUT2D eigenvalue weighted by atomic mass is 9.88. The van der Waals surface area contributed by atoms with Gasteiger partial charge in [0.05, 0.1) is 12.7 Å². The molecular formula is C20H25FN2O3. The minimum absolute atomic E-state index is 0.0198. The maximum Gasteiger partial charge on any atom is 0.253 e. The molecule has 140 valence electrons. The van der Waals surface area contributed by atoms with Crippen LogP contribution in [-0.2, 0) is 6.61 Å². The number of halogens is 1. The summed E-state index contributed by atoms with van der Waals surface area (Å²) >= 11 is 0. The van der Waals surface area contributed by atoms with Crippen LogP contribution in [0, 0.1) is 11.2 Å². The third-order valence-corrected chi connectivity index (χ3v) is 4.26. The Bertz CT molecular complexity index is 755. The van der Waals surface area contributed by atoms with Gasteiger partial charge in [-0.05, 0) is 36.6 Å². The normalized spacial score (nSPS) is 12.4. The largest absolute Gasteiger partial charge is 0.496 e. The second kappa shape index (κ2) is 8.17. The van der Waals surface area contributed by atoms with Crippen molar-refractivity contribution in [1.29, 1.82) is 0 Å². The maximum atomic E-state index is 13.4. The standard InChI is InChI=1S/C20H25FN2O3/c1-13(20(2,3)4)23-19(24)14-6-9-18(22-11-14)26-12-15-10-16(21)7-8-17(15)25-5/h6-11,13H,12H2,1-5H3,(H,23,24)/t13-/m1/s1. The highest BCUT2D eigenvalue weighted by Gasteiger charge is 2.22. The summed E-state index contributed by atoms with van der Waals surface area (Å²) in [6.45, 7) is 8.27. The highest BCUT2D eigenvalue weighted by Crippen LogP contribution is 2.22. The van der Waals surface area contributed by atoms with Crippen LogP contribution in [-0.4, -0.2) is 24.0 Å². The molecule has 5 nitrogen and oxygen atoms in total. The van der Waals surface area contributed by atoms with E-state index in [1.54, 1.807) is 18.2 Å². The number of amides is 1. The summed E-state index contributed by atoms with van der Waals surface area (Å²) in [6.07, 6.45) is 1.46. The van der Waals surface area contributed by atoms with Gasteiger partial charge in [-0.2, -0.15) is 0 Å². The molecule has 1 aromatic carbocycles. The van der Waals surface area contributed by atoms with E-state index < -0.39 is 0 Å². The van der Waals surface area contributed by atoms with Crippen LogP contribution in [0.25, 0.3) is 0 Å². The van der Waals surface area contributed by atoms with Crippen molar-refractivity contribution in [2.45, 2.75) is 40.3 Å². The first-order chi connectivity index (χ1) is 12.2. The van der Waals surface area contributed by atoms with Gasteiger partial charge < -0.3 is 14.8 Å². The van der Waals surface area contributed by atoms with Crippen LogP contribution in [0.2, 0.25) is 0 Å². The predicted molar refractivity (Wildman–Crippen MR) is 97.9 cm³/mol. The molecule has 0 radical (unpaired) electrons. The zero-order valence-corrected chi connectivity index (χ0v) is 15.8. The molecule has 1 N–H and O–H groups in total. The van der Waals surface area contributed by atoms with Crippen molar-refractivity contribution in [2.24, 2.45) is 5.41 Å². The second-order valence-corrected chi connectivity index (χ2v) is 7.19. The van der Waals surface area contributed by atoms with Gasteiger partial charge in [-0.15, -0.1) is 0 Å². The summed E-state index contributed by atoms with van der Waals surface area (Å²) in [5.41, 5.74) is 1.00. The van der Waals surface area contributed by atoms with Gasteiger partial charge in [0.1, 0.15) is 18.2 Å². The number of hydrogen-bond acceptors (Lipinski definition) is 4. The zero-order valence-electron chi connectivity index (χ0n) is 15.8.